The number of carboxylic acid groups (broad SMARTS) is 1. The van der Waals surface area contributed by atoms with Gasteiger partial charge in [-0.3, -0.25) is 9.79 Å². The minimum Gasteiger partial charge on any atom is -0.480 e. The first-order valence-electron chi connectivity index (χ1n) is 6.98. The molecule has 120 valence electrons. The number of amides is 1. The van der Waals surface area contributed by atoms with E-state index in [1.54, 1.807) is 6.07 Å². The van der Waals surface area contributed by atoms with E-state index in [2.05, 4.69) is 17.0 Å². The van der Waals surface area contributed by atoms with Crippen LogP contribution in [0.15, 0.2) is 29.3 Å². The number of rotatable bonds is 9. The summed E-state index contributed by atoms with van der Waals surface area (Å²) in [5, 5.41) is 11.2. The van der Waals surface area contributed by atoms with Crippen LogP contribution in [0.3, 0.4) is 0 Å². The Labute approximate surface area is 129 Å². The Morgan fingerprint density at radius 3 is 2.77 bits per heavy atom. The van der Waals surface area contributed by atoms with Crippen LogP contribution in [0.1, 0.15) is 24.8 Å². The molecule has 0 bridgehead atoms. The second-order valence-corrected chi connectivity index (χ2v) is 4.73. The summed E-state index contributed by atoms with van der Waals surface area (Å²) in [5.41, 5.74) is 6.83. The number of para-hydroxylation sites is 1. The van der Waals surface area contributed by atoms with Gasteiger partial charge in [-0.05, 0) is 32.0 Å². The quantitative estimate of drug-likeness (QED) is 0.475. The van der Waals surface area contributed by atoms with E-state index in [9.17, 15) is 9.59 Å². The van der Waals surface area contributed by atoms with Gasteiger partial charge in [-0.2, -0.15) is 0 Å². The fourth-order valence-electron chi connectivity index (χ4n) is 1.78. The zero-order valence-corrected chi connectivity index (χ0v) is 12.3. The highest BCUT2D eigenvalue weighted by molar-refractivity contribution is 5.72. The van der Waals surface area contributed by atoms with E-state index in [4.69, 9.17) is 15.6 Å². The van der Waals surface area contributed by atoms with Crippen molar-refractivity contribution < 1.29 is 19.4 Å². The van der Waals surface area contributed by atoms with Gasteiger partial charge in [0.25, 0.3) is 0 Å². The maximum Gasteiger partial charge on any atom is 0.407 e. The fourth-order valence-corrected chi connectivity index (χ4v) is 1.78. The standard InChI is InChI=1S/C15H21N3O4/c1-17-13-8-3-2-6-11(13)10-22-15(21)18-9-5-4-7-12(16)14(19)20/h2-3,6,8,12H,1,4-5,7,9-10,16H2,(H,18,21)(H,19,20)/t12-/m0/s1. The van der Waals surface area contributed by atoms with Crippen LogP contribution in [0.2, 0.25) is 0 Å². The first kappa shape index (κ1) is 17.6. The number of unbranched alkanes of at least 4 members (excludes halogenated alkanes) is 1. The lowest BCUT2D eigenvalue weighted by Gasteiger charge is -2.09. The molecule has 1 aromatic carbocycles. The van der Waals surface area contributed by atoms with Crippen LogP contribution in [-0.4, -0.2) is 36.5 Å². The van der Waals surface area contributed by atoms with E-state index in [0.717, 1.165) is 5.56 Å². The van der Waals surface area contributed by atoms with Crippen molar-refractivity contribution in [3.8, 4) is 0 Å². The van der Waals surface area contributed by atoms with Gasteiger partial charge >= 0.3 is 12.1 Å². The van der Waals surface area contributed by atoms with Crippen molar-refractivity contribution in [2.45, 2.75) is 31.9 Å². The van der Waals surface area contributed by atoms with E-state index in [1.807, 2.05) is 18.2 Å². The number of hydrogen-bond donors (Lipinski definition) is 3. The Morgan fingerprint density at radius 1 is 1.36 bits per heavy atom. The number of carboxylic acids is 1. The number of carbonyl (C=O) groups excluding carboxylic acids is 1. The number of aliphatic carboxylic acids is 1. The van der Waals surface area contributed by atoms with E-state index < -0.39 is 18.1 Å². The Morgan fingerprint density at radius 2 is 2.09 bits per heavy atom. The van der Waals surface area contributed by atoms with Crippen molar-refractivity contribution in [1.82, 2.24) is 5.32 Å². The molecule has 0 radical (unpaired) electrons. The van der Waals surface area contributed by atoms with Crippen LogP contribution in [0, 0.1) is 0 Å². The first-order chi connectivity index (χ1) is 10.5. The lowest BCUT2D eigenvalue weighted by atomic mass is 10.1. The second-order valence-electron chi connectivity index (χ2n) is 4.73. The van der Waals surface area contributed by atoms with Gasteiger partial charge in [0, 0.05) is 12.1 Å². The van der Waals surface area contributed by atoms with Gasteiger partial charge in [-0.25, -0.2) is 4.79 Å². The molecule has 0 saturated heterocycles. The molecule has 1 atom stereocenters. The summed E-state index contributed by atoms with van der Waals surface area (Å²) in [5.74, 6) is -1.01. The monoisotopic (exact) mass is 307 g/mol. The Kier molecular flexibility index (Phi) is 7.63. The number of nitrogens with zero attached hydrogens (tertiary/aromatic N) is 1. The molecule has 0 heterocycles. The van der Waals surface area contributed by atoms with Crippen LogP contribution in [0.25, 0.3) is 0 Å². The molecule has 4 N–H and O–H groups in total. The van der Waals surface area contributed by atoms with Crippen LogP contribution in [0.5, 0.6) is 0 Å². The molecule has 0 fully saturated rings. The maximum absolute atomic E-state index is 11.5. The van der Waals surface area contributed by atoms with Crippen LogP contribution in [0.4, 0.5) is 10.5 Å². The summed E-state index contributed by atoms with van der Waals surface area (Å²) in [4.78, 5) is 25.9. The predicted molar refractivity (Wildman–Crippen MR) is 83.3 cm³/mol. The van der Waals surface area contributed by atoms with Crippen molar-refractivity contribution in [3.63, 3.8) is 0 Å². The number of nitrogens with two attached hydrogens (primary N) is 1. The molecule has 1 aromatic rings. The topological polar surface area (TPSA) is 114 Å². The summed E-state index contributed by atoms with van der Waals surface area (Å²) >= 11 is 0. The number of nitrogens with one attached hydrogen (secondary N) is 1. The second kappa shape index (κ2) is 9.51. The van der Waals surface area contributed by atoms with Crippen molar-refractivity contribution in [1.29, 1.82) is 0 Å². The van der Waals surface area contributed by atoms with Gasteiger partial charge in [0.2, 0.25) is 0 Å². The third-order valence-corrected chi connectivity index (χ3v) is 3.05. The van der Waals surface area contributed by atoms with E-state index >= 15 is 0 Å². The number of aliphatic imine (C=N–C) groups is 1. The van der Waals surface area contributed by atoms with E-state index in [-0.39, 0.29) is 6.61 Å². The Bertz CT molecular complexity index is 519. The lowest BCUT2D eigenvalue weighted by Crippen LogP contribution is -2.30. The molecule has 0 aliphatic heterocycles. The van der Waals surface area contributed by atoms with Gasteiger partial charge in [-0.15, -0.1) is 0 Å². The fraction of sp³-hybridized carbons (Fsp3) is 0.400. The third-order valence-electron chi connectivity index (χ3n) is 3.05. The van der Waals surface area contributed by atoms with Crippen LogP contribution >= 0.6 is 0 Å². The SMILES string of the molecule is C=Nc1ccccc1COC(=O)NCCCC[C@H](N)C(=O)O. The molecule has 0 unspecified atom stereocenters. The summed E-state index contributed by atoms with van der Waals surface area (Å²) in [6, 6.07) is 6.40. The van der Waals surface area contributed by atoms with Crippen LogP contribution < -0.4 is 11.1 Å². The van der Waals surface area contributed by atoms with Gasteiger partial charge in [-0.1, -0.05) is 18.2 Å². The highest BCUT2D eigenvalue weighted by atomic mass is 16.5. The van der Waals surface area contributed by atoms with Gasteiger partial charge in [0.1, 0.15) is 12.6 Å². The Hall–Kier alpha value is -2.41. The number of hydrogen-bond acceptors (Lipinski definition) is 5. The average molecular weight is 307 g/mol. The zero-order chi connectivity index (χ0) is 16.4. The molecule has 1 rings (SSSR count). The number of ether oxygens (including phenoxy) is 1. The molecular weight excluding hydrogens is 286 g/mol. The van der Waals surface area contributed by atoms with Gasteiger partial charge < -0.3 is 20.9 Å². The molecule has 7 nitrogen and oxygen atoms in total. The molecule has 0 aliphatic rings. The number of alkyl carbamates (subject to hydrolysis) is 1. The Balaban J connectivity index is 2.19. The summed E-state index contributed by atoms with van der Waals surface area (Å²) in [6.07, 6.45) is 1.11. The molecule has 1 amide bonds. The minimum atomic E-state index is -1.01. The van der Waals surface area contributed by atoms with Crippen molar-refractivity contribution >= 4 is 24.5 Å². The summed E-state index contributed by atoms with van der Waals surface area (Å²) in [6.45, 7) is 3.98. The summed E-state index contributed by atoms with van der Waals surface area (Å²) < 4.78 is 5.08. The largest absolute Gasteiger partial charge is 0.480 e. The van der Waals surface area contributed by atoms with E-state index in [1.165, 1.54) is 0 Å². The normalized spacial score (nSPS) is 11.5. The van der Waals surface area contributed by atoms with Crippen LogP contribution in [-0.2, 0) is 16.1 Å². The molecular formula is C15H21N3O4. The first-order valence-corrected chi connectivity index (χ1v) is 6.98. The summed E-state index contributed by atoms with van der Waals surface area (Å²) in [7, 11) is 0. The minimum absolute atomic E-state index is 0.116. The van der Waals surface area contributed by atoms with E-state index in [0.29, 0.717) is 31.5 Å². The molecule has 22 heavy (non-hydrogen) atoms. The number of benzene rings is 1. The number of carbonyl (C=O) groups is 2. The van der Waals surface area contributed by atoms with Gasteiger partial charge in [0.15, 0.2) is 0 Å². The highest BCUT2D eigenvalue weighted by Gasteiger charge is 2.10. The zero-order valence-electron chi connectivity index (χ0n) is 12.3. The molecule has 0 spiro atoms. The lowest BCUT2D eigenvalue weighted by molar-refractivity contribution is -0.138. The third kappa shape index (κ3) is 6.36. The van der Waals surface area contributed by atoms with Crippen molar-refractivity contribution in [2.75, 3.05) is 6.54 Å². The molecule has 0 aromatic heterocycles. The average Bonchev–Trinajstić information content (AvgIpc) is 2.52. The van der Waals surface area contributed by atoms with Crippen molar-refractivity contribution in [3.05, 3.63) is 29.8 Å². The van der Waals surface area contributed by atoms with Gasteiger partial charge in [0.05, 0.1) is 5.69 Å². The predicted octanol–water partition coefficient (Wildman–Crippen LogP) is 1.83. The smallest absolute Gasteiger partial charge is 0.407 e. The molecule has 7 heteroatoms. The highest BCUT2D eigenvalue weighted by Crippen LogP contribution is 2.18. The molecule has 0 saturated carbocycles. The van der Waals surface area contributed by atoms with Crippen molar-refractivity contribution in [2.24, 2.45) is 10.7 Å². The maximum atomic E-state index is 11.5. The molecule has 0 aliphatic carbocycles.